The number of hydrogen-bond acceptors (Lipinski definition) is 6. The van der Waals surface area contributed by atoms with Crippen molar-refractivity contribution in [2.24, 2.45) is 0 Å². The van der Waals surface area contributed by atoms with E-state index in [0.717, 1.165) is 30.8 Å². The van der Waals surface area contributed by atoms with Gasteiger partial charge in [-0.25, -0.2) is 0 Å². The average Bonchev–Trinajstić information content (AvgIpc) is 3.09. The second kappa shape index (κ2) is 10.6. The summed E-state index contributed by atoms with van der Waals surface area (Å²) in [5, 5.41) is 11.8. The van der Waals surface area contributed by atoms with Gasteiger partial charge >= 0.3 is 0 Å². The van der Waals surface area contributed by atoms with Crippen LogP contribution in [0, 0.1) is 6.92 Å². The molecule has 1 amide bonds. The number of nitrogens with zero attached hydrogens (tertiary/aromatic N) is 2. The zero-order valence-electron chi connectivity index (χ0n) is 19.4. The third-order valence-corrected chi connectivity index (χ3v) is 6.64. The van der Waals surface area contributed by atoms with Crippen LogP contribution in [0.3, 0.4) is 0 Å². The van der Waals surface area contributed by atoms with Crippen LogP contribution in [-0.4, -0.2) is 73.1 Å². The molecule has 2 aromatic carbocycles. The summed E-state index contributed by atoms with van der Waals surface area (Å²) in [7, 11) is 1.57. The van der Waals surface area contributed by atoms with Crippen molar-refractivity contribution in [2.75, 3.05) is 46.5 Å². The summed E-state index contributed by atoms with van der Waals surface area (Å²) in [6.45, 7) is 6.15. The molecule has 4 rings (SSSR count). The first-order valence-electron chi connectivity index (χ1n) is 11.4. The Hall–Kier alpha value is -2.87. The first-order chi connectivity index (χ1) is 16.4. The molecule has 2 saturated heterocycles. The van der Waals surface area contributed by atoms with Crippen LogP contribution < -0.4 is 4.74 Å². The third kappa shape index (κ3) is 4.97. The molecule has 0 aromatic heterocycles. The number of methoxy groups -OCH3 is 1. The molecule has 2 heterocycles. The van der Waals surface area contributed by atoms with E-state index in [1.54, 1.807) is 54.5 Å². The van der Waals surface area contributed by atoms with Gasteiger partial charge in [0, 0.05) is 36.8 Å². The maximum atomic E-state index is 13.2. The molecule has 0 spiro atoms. The lowest BCUT2D eigenvalue weighted by Crippen LogP contribution is -2.38. The number of halogens is 1. The highest BCUT2D eigenvalue weighted by Gasteiger charge is 2.46. The van der Waals surface area contributed by atoms with Crippen molar-refractivity contribution < 1.29 is 24.2 Å². The van der Waals surface area contributed by atoms with Crippen molar-refractivity contribution >= 4 is 29.1 Å². The highest BCUT2D eigenvalue weighted by Crippen LogP contribution is 2.40. The van der Waals surface area contributed by atoms with Gasteiger partial charge in [-0.05, 0) is 54.8 Å². The number of carbonyl (C=O) groups excluding carboxylic acids is 2. The lowest BCUT2D eigenvalue weighted by atomic mass is 9.94. The number of amides is 1. The summed E-state index contributed by atoms with van der Waals surface area (Å²) >= 11 is 6.09. The summed E-state index contributed by atoms with van der Waals surface area (Å²) in [6, 6.07) is 11.6. The van der Waals surface area contributed by atoms with Gasteiger partial charge in [-0.1, -0.05) is 23.7 Å². The summed E-state index contributed by atoms with van der Waals surface area (Å²) in [6.07, 6.45) is 0.707. The fourth-order valence-corrected chi connectivity index (χ4v) is 4.69. The molecule has 2 aliphatic rings. The van der Waals surface area contributed by atoms with Gasteiger partial charge in [-0.3, -0.25) is 14.5 Å². The molecular weight excluding hydrogens is 456 g/mol. The minimum Gasteiger partial charge on any atom is -0.507 e. The molecule has 2 aliphatic heterocycles. The number of hydrogen-bond donors (Lipinski definition) is 1. The maximum absolute atomic E-state index is 13.2. The number of carbonyl (C=O) groups is 2. The van der Waals surface area contributed by atoms with Crippen molar-refractivity contribution in [3.8, 4) is 5.75 Å². The van der Waals surface area contributed by atoms with E-state index in [4.69, 9.17) is 21.1 Å². The SMILES string of the molecule is COc1ccc(C(O)=C2C(=O)C(=O)N(CCCN3CCOCC3)[C@H]2c2ccc(Cl)cc2)c(C)c1. The second-order valence-electron chi connectivity index (χ2n) is 8.53. The molecule has 34 heavy (non-hydrogen) atoms. The molecule has 8 heteroatoms. The van der Waals surface area contributed by atoms with E-state index in [1.807, 2.05) is 6.92 Å². The van der Waals surface area contributed by atoms with E-state index in [1.165, 1.54) is 0 Å². The molecule has 2 fully saturated rings. The van der Waals surface area contributed by atoms with E-state index < -0.39 is 17.7 Å². The molecule has 180 valence electrons. The van der Waals surface area contributed by atoms with Crippen molar-refractivity contribution in [3.63, 3.8) is 0 Å². The predicted molar refractivity (Wildman–Crippen MR) is 130 cm³/mol. The van der Waals surface area contributed by atoms with Gasteiger partial charge in [0.2, 0.25) is 0 Å². The Labute approximate surface area is 204 Å². The fraction of sp³-hybridized carbons (Fsp3) is 0.385. The zero-order chi connectivity index (χ0) is 24.2. The zero-order valence-corrected chi connectivity index (χ0v) is 20.2. The summed E-state index contributed by atoms with van der Waals surface area (Å²) in [5.41, 5.74) is 2.05. The molecule has 1 N–H and O–H groups in total. The second-order valence-corrected chi connectivity index (χ2v) is 8.97. The van der Waals surface area contributed by atoms with Crippen molar-refractivity contribution in [1.82, 2.24) is 9.80 Å². The van der Waals surface area contributed by atoms with E-state index in [-0.39, 0.29) is 11.3 Å². The number of aliphatic hydroxyl groups is 1. The highest BCUT2D eigenvalue weighted by atomic mass is 35.5. The Morgan fingerprint density at radius 2 is 1.82 bits per heavy atom. The van der Waals surface area contributed by atoms with E-state index in [9.17, 15) is 14.7 Å². The van der Waals surface area contributed by atoms with Crippen LogP contribution in [0.15, 0.2) is 48.0 Å². The summed E-state index contributed by atoms with van der Waals surface area (Å²) < 4.78 is 10.7. The van der Waals surface area contributed by atoms with Crippen LogP contribution in [0.2, 0.25) is 5.02 Å². The van der Waals surface area contributed by atoms with Crippen LogP contribution >= 0.6 is 11.6 Å². The number of likely N-dealkylation sites (tertiary alicyclic amines) is 1. The smallest absolute Gasteiger partial charge is 0.295 e. The molecule has 2 aromatic rings. The monoisotopic (exact) mass is 484 g/mol. The number of morpholine rings is 1. The number of ketones is 1. The van der Waals surface area contributed by atoms with E-state index in [2.05, 4.69) is 4.90 Å². The molecule has 0 aliphatic carbocycles. The van der Waals surface area contributed by atoms with Crippen LogP contribution in [0.5, 0.6) is 5.75 Å². The fourth-order valence-electron chi connectivity index (χ4n) is 4.57. The maximum Gasteiger partial charge on any atom is 0.295 e. The van der Waals surface area contributed by atoms with Crippen LogP contribution in [0.1, 0.15) is 29.2 Å². The molecule has 1 atom stereocenters. The topological polar surface area (TPSA) is 79.3 Å². The largest absolute Gasteiger partial charge is 0.507 e. The number of ether oxygens (including phenoxy) is 2. The van der Waals surface area contributed by atoms with Gasteiger partial charge in [0.05, 0.1) is 31.9 Å². The van der Waals surface area contributed by atoms with Crippen LogP contribution in [0.4, 0.5) is 0 Å². The van der Waals surface area contributed by atoms with Gasteiger partial charge < -0.3 is 19.5 Å². The Balaban J connectivity index is 1.69. The standard InChI is InChI=1S/C26H29ClN2O5/c1-17-16-20(33-2)8-9-21(17)24(30)22-23(18-4-6-19(27)7-5-18)29(26(32)25(22)31)11-3-10-28-12-14-34-15-13-28/h4-9,16,23,30H,3,10-15H2,1-2H3/t23-/m0/s1. The number of rotatable bonds is 7. The minimum absolute atomic E-state index is 0.0898. The lowest BCUT2D eigenvalue weighted by molar-refractivity contribution is -0.140. The van der Waals surface area contributed by atoms with Gasteiger partial charge in [-0.15, -0.1) is 0 Å². The molecule has 7 nitrogen and oxygen atoms in total. The number of benzene rings is 2. The van der Waals surface area contributed by atoms with Gasteiger partial charge in [-0.2, -0.15) is 0 Å². The van der Waals surface area contributed by atoms with Gasteiger partial charge in [0.25, 0.3) is 11.7 Å². The first kappa shape index (κ1) is 24.3. The average molecular weight is 485 g/mol. The van der Waals surface area contributed by atoms with Crippen LogP contribution in [0.25, 0.3) is 5.76 Å². The Morgan fingerprint density at radius 3 is 2.47 bits per heavy atom. The van der Waals surface area contributed by atoms with Gasteiger partial charge in [0.15, 0.2) is 0 Å². The van der Waals surface area contributed by atoms with Crippen molar-refractivity contribution in [1.29, 1.82) is 0 Å². The van der Waals surface area contributed by atoms with Gasteiger partial charge in [0.1, 0.15) is 11.5 Å². The quantitative estimate of drug-likeness (QED) is 0.366. The third-order valence-electron chi connectivity index (χ3n) is 6.39. The molecule has 0 saturated carbocycles. The molecule has 0 unspecified atom stereocenters. The molecular formula is C26H29ClN2O5. The lowest BCUT2D eigenvalue weighted by Gasteiger charge is -2.29. The normalized spacial score (nSPS) is 20.7. The number of aliphatic hydroxyl groups excluding tert-OH is 1. The molecule has 0 bridgehead atoms. The number of aryl methyl sites for hydroxylation is 1. The summed E-state index contributed by atoms with van der Waals surface area (Å²) in [4.78, 5) is 30.2. The Bertz CT molecular complexity index is 1090. The summed E-state index contributed by atoms with van der Waals surface area (Å²) in [5.74, 6) is -0.824. The van der Waals surface area contributed by atoms with Crippen LogP contribution in [-0.2, 0) is 14.3 Å². The first-order valence-corrected chi connectivity index (χ1v) is 11.8. The van der Waals surface area contributed by atoms with Crippen molar-refractivity contribution in [3.05, 3.63) is 69.8 Å². The van der Waals surface area contributed by atoms with E-state index in [0.29, 0.717) is 42.5 Å². The highest BCUT2D eigenvalue weighted by molar-refractivity contribution is 6.46. The number of Topliss-reactive ketones (excluding diaryl/α,β-unsaturated/α-hetero) is 1. The van der Waals surface area contributed by atoms with E-state index >= 15 is 0 Å². The Kier molecular flexibility index (Phi) is 7.56. The minimum atomic E-state index is -0.691. The predicted octanol–water partition coefficient (Wildman–Crippen LogP) is 3.80. The Morgan fingerprint density at radius 1 is 1.12 bits per heavy atom. The molecule has 0 radical (unpaired) electrons. The van der Waals surface area contributed by atoms with Crippen molar-refractivity contribution in [2.45, 2.75) is 19.4 Å².